The Balaban J connectivity index is 1.58. The average Bonchev–Trinajstić information content (AvgIpc) is 3.04. The van der Waals surface area contributed by atoms with Gasteiger partial charge in [-0.25, -0.2) is 4.98 Å². The number of hydrogen-bond acceptors (Lipinski definition) is 6. The molecule has 28 heavy (non-hydrogen) atoms. The highest BCUT2D eigenvalue weighted by atomic mass is 32.1. The second-order valence-corrected chi connectivity index (χ2v) is 7.92. The summed E-state index contributed by atoms with van der Waals surface area (Å²) < 4.78 is 0. The summed E-state index contributed by atoms with van der Waals surface area (Å²) in [5.74, 6) is 0.357. The molecule has 1 amide bonds. The zero-order valence-corrected chi connectivity index (χ0v) is 16.7. The van der Waals surface area contributed by atoms with E-state index in [1.807, 2.05) is 24.1 Å². The van der Waals surface area contributed by atoms with Crippen LogP contribution in [0.25, 0.3) is 0 Å². The van der Waals surface area contributed by atoms with Crippen LogP contribution in [0.15, 0.2) is 54.4 Å². The molecule has 0 saturated carbocycles. The lowest BCUT2D eigenvalue weighted by atomic mass is 10.0. The molecule has 6 nitrogen and oxygen atoms in total. The molecule has 2 aromatic heterocycles. The van der Waals surface area contributed by atoms with Crippen molar-refractivity contribution in [3.05, 3.63) is 70.7 Å². The third kappa shape index (κ3) is 4.20. The fourth-order valence-corrected chi connectivity index (χ4v) is 4.44. The first-order valence-electron chi connectivity index (χ1n) is 9.45. The van der Waals surface area contributed by atoms with Crippen LogP contribution in [0.5, 0.6) is 0 Å². The van der Waals surface area contributed by atoms with Crippen LogP contribution < -0.4 is 4.90 Å². The monoisotopic (exact) mass is 393 g/mol. The first kappa shape index (κ1) is 18.6. The van der Waals surface area contributed by atoms with E-state index in [1.54, 1.807) is 17.9 Å². The quantitative estimate of drug-likeness (QED) is 0.682. The number of carbonyl (C=O) groups excluding carboxylic acids is 1. The Morgan fingerprint density at radius 1 is 1.14 bits per heavy atom. The van der Waals surface area contributed by atoms with Gasteiger partial charge in [-0.15, -0.1) is 11.3 Å². The maximum Gasteiger partial charge on any atom is 0.265 e. The molecule has 1 saturated heterocycles. The van der Waals surface area contributed by atoms with E-state index in [9.17, 15) is 4.79 Å². The van der Waals surface area contributed by atoms with Crippen LogP contribution in [0.2, 0.25) is 0 Å². The second-order valence-electron chi connectivity index (χ2n) is 7.07. The molecule has 1 aromatic carbocycles. The van der Waals surface area contributed by atoms with Crippen LogP contribution in [0.4, 0.5) is 5.69 Å². The molecule has 0 spiro atoms. The van der Waals surface area contributed by atoms with Gasteiger partial charge in [-0.3, -0.25) is 14.8 Å². The Bertz CT molecular complexity index is 915. The number of nitrogens with zero attached hydrogens (tertiary/aromatic N) is 5. The summed E-state index contributed by atoms with van der Waals surface area (Å²) in [6.45, 7) is 4.99. The second kappa shape index (κ2) is 8.48. The summed E-state index contributed by atoms with van der Waals surface area (Å²) in [7, 11) is 0. The van der Waals surface area contributed by atoms with Gasteiger partial charge in [0.15, 0.2) is 0 Å². The van der Waals surface area contributed by atoms with Crippen LogP contribution >= 0.6 is 11.3 Å². The fourth-order valence-electron chi connectivity index (χ4n) is 3.67. The lowest BCUT2D eigenvalue weighted by molar-refractivity contribution is 0.0751. The standard InChI is InChI=1S/C21H23N5OS/c1-16-20(28-15-24-16)21(27)26-10-9-25(19-5-3-2-4-6-19)13-17(14-26)11-18-12-22-7-8-23-18/h2-8,12,15,17H,9-11,13-14H2,1H3/t17-/m0/s1. The molecule has 1 aliphatic heterocycles. The van der Waals surface area contributed by atoms with Gasteiger partial charge in [0.25, 0.3) is 5.91 Å². The number of thiazole rings is 1. The van der Waals surface area contributed by atoms with Gasteiger partial charge < -0.3 is 9.80 Å². The van der Waals surface area contributed by atoms with Gasteiger partial charge in [0.2, 0.25) is 0 Å². The van der Waals surface area contributed by atoms with Gasteiger partial charge in [0.1, 0.15) is 4.88 Å². The van der Waals surface area contributed by atoms with E-state index >= 15 is 0 Å². The van der Waals surface area contributed by atoms with Crippen molar-refractivity contribution in [1.29, 1.82) is 0 Å². The number of hydrogen-bond donors (Lipinski definition) is 0. The Kier molecular flexibility index (Phi) is 5.62. The Hall–Kier alpha value is -2.80. The number of carbonyl (C=O) groups is 1. The number of benzene rings is 1. The lowest BCUT2D eigenvalue weighted by Crippen LogP contribution is -2.36. The molecule has 0 unspecified atom stereocenters. The molecule has 0 aliphatic carbocycles. The summed E-state index contributed by atoms with van der Waals surface area (Å²) in [6.07, 6.45) is 6.03. The smallest absolute Gasteiger partial charge is 0.265 e. The Morgan fingerprint density at radius 3 is 2.71 bits per heavy atom. The topological polar surface area (TPSA) is 62.2 Å². The van der Waals surface area contributed by atoms with E-state index in [2.05, 4.69) is 44.1 Å². The maximum atomic E-state index is 13.1. The first-order valence-corrected chi connectivity index (χ1v) is 10.3. The highest BCUT2D eigenvalue weighted by molar-refractivity contribution is 7.11. The van der Waals surface area contributed by atoms with Gasteiger partial charge in [-0.2, -0.15) is 0 Å². The minimum absolute atomic E-state index is 0.0825. The summed E-state index contributed by atoms with van der Waals surface area (Å²) in [5.41, 5.74) is 4.71. The molecule has 0 radical (unpaired) electrons. The number of para-hydroxylation sites is 1. The predicted molar refractivity (Wildman–Crippen MR) is 111 cm³/mol. The lowest BCUT2D eigenvalue weighted by Gasteiger charge is -2.25. The Labute approximate surface area is 168 Å². The summed E-state index contributed by atoms with van der Waals surface area (Å²) in [6, 6.07) is 10.4. The zero-order chi connectivity index (χ0) is 19.3. The van der Waals surface area contributed by atoms with Gasteiger partial charge in [0.05, 0.1) is 16.9 Å². The molecule has 3 aromatic rings. The van der Waals surface area contributed by atoms with Crippen molar-refractivity contribution in [3.63, 3.8) is 0 Å². The van der Waals surface area contributed by atoms with Crippen molar-refractivity contribution in [2.24, 2.45) is 5.92 Å². The molecule has 1 atom stereocenters. The maximum absolute atomic E-state index is 13.1. The van der Waals surface area contributed by atoms with Crippen LogP contribution in [-0.2, 0) is 6.42 Å². The van der Waals surface area contributed by atoms with Crippen molar-refractivity contribution in [2.45, 2.75) is 13.3 Å². The number of aryl methyl sites for hydroxylation is 1. The highest BCUT2D eigenvalue weighted by Crippen LogP contribution is 2.23. The molecular weight excluding hydrogens is 370 g/mol. The van der Waals surface area contributed by atoms with Crippen molar-refractivity contribution in [1.82, 2.24) is 19.9 Å². The third-order valence-electron chi connectivity index (χ3n) is 5.06. The number of amides is 1. The first-order chi connectivity index (χ1) is 13.7. The van der Waals surface area contributed by atoms with E-state index in [1.165, 1.54) is 17.0 Å². The molecule has 4 rings (SSSR count). The summed E-state index contributed by atoms with van der Waals surface area (Å²) >= 11 is 1.42. The van der Waals surface area contributed by atoms with Crippen molar-refractivity contribution in [2.75, 3.05) is 31.1 Å². The van der Waals surface area contributed by atoms with Gasteiger partial charge in [-0.05, 0) is 31.4 Å². The summed E-state index contributed by atoms with van der Waals surface area (Å²) in [4.78, 5) is 31.1. The Morgan fingerprint density at radius 2 is 2.00 bits per heavy atom. The highest BCUT2D eigenvalue weighted by Gasteiger charge is 2.28. The molecule has 144 valence electrons. The third-order valence-corrected chi connectivity index (χ3v) is 5.98. The zero-order valence-electron chi connectivity index (χ0n) is 15.9. The number of anilines is 1. The predicted octanol–water partition coefficient (Wildman–Crippen LogP) is 3.06. The van der Waals surface area contributed by atoms with E-state index in [0.29, 0.717) is 13.1 Å². The van der Waals surface area contributed by atoms with Gasteiger partial charge >= 0.3 is 0 Å². The molecule has 0 N–H and O–H groups in total. The van der Waals surface area contributed by atoms with Crippen molar-refractivity contribution in [3.8, 4) is 0 Å². The summed E-state index contributed by atoms with van der Waals surface area (Å²) in [5, 5.41) is 0. The van der Waals surface area contributed by atoms with Gasteiger partial charge in [0, 0.05) is 50.5 Å². The average molecular weight is 394 g/mol. The van der Waals surface area contributed by atoms with E-state index in [0.717, 1.165) is 35.8 Å². The van der Waals surface area contributed by atoms with Crippen LogP contribution in [-0.4, -0.2) is 51.9 Å². The molecule has 1 fully saturated rings. The number of rotatable bonds is 4. The van der Waals surface area contributed by atoms with E-state index in [4.69, 9.17) is 0 Å². The van der Waals surface area contributed by atoms with E-state index < -0.39 is 0 Å². The molecule has 7 heteroatoms. The van der Waals surface area contributed by atoms with Crippen molar-refractivity contribution < 1.29 is 4.79 Å². The van der Waals surface area contributed by atoms with E-state index in [-0.39, 0.29) is 11.8 Å². The van der Waals surface area contributed by atoms with Crippen LogP contribution in [0, 0.1) is 12.8 Å². The van der Waals surface area contributed by atoms with Crippen LogP contribution in [0.1, 0.15) is 21.1 Å². The fraction of sp³-hybridized carbons (Fsp3) is 0.333. The minimum Gasteiger partial charge on any atom is -0.369 e. The van der Waals surface area contributed by atoms with Crippen LogP contribution in [0.3, 0.4) is 0 Å². The normalized spacial score (nSPS) is 17.4. The largest absolute Gasteiger partial charge is 0.369 e. The molecule has 3 heterocycles. The minimum atomic E-state index is 0.0825. The molecular formula is C21H23N5OS. The molecule has 1 aliphatic rings. The SMILES string of the molecule is Cc1ncsc1C(=O)N1CCN(c2ccccc2)C[C@H](Cc2cnccn2)C1. The van der Waals surface area contributed by atoms with Crippen molar-refractivity contribution >= 4 is 22.9 Å². The molecule has 0 bridgehead atoms. The number of aromatic nitrogens is 3. The van der Waals surface area contributed by atoms with Gasteiger partial charge in [-0.1, -0.05) is 18.2 Å².